The van der Waals surface area contributed by atoms with E-state index in [2.05, 4.69) is 21.5 Å². The van der Waals surface area contributed by atoms with Crippen LogP contribution < -0.4 is 5.32 Å². The number of hydrogen-bond acceptors (Lipinski definition) is 4. The Morgan fingerprint density at radius 1 is 1.50 bits per heavy atom. The van der Waals surface area contributed by atoms with Crippen LogP contribution >= 0.6 is 11.8 Å². The summed E-state index contributed by atoms with van der Waals surface area (Å²) >= 11 is 1.78. The molecule has 1 unspecified atom stereocenters. The predicted octanol–water partition coefficient (Wildman–Crippen LogP) is 3.43. The number of aromatic nitrogens is 2. The monoisotopic (exact) mass is 347 g/mol. The van der Waals surface area contributed by atoms with Gasteiger partial charge in [0.15, 0.2) is 0 Å². The van der Waals surface area contributed by atoms with E-state index in [0.717, 1.165) is 54.9 Å². The number of carbonyl (C=O) groups excluding carboxylic acids is 1. The molecule has 0 spiro atoms. The van der Waals surface area contributed by atoms with Gasteiger partial charge in [-0.1, -0.05) is 12.1 Å². The number of carbonyl (C=O) groups is 1. The van der Waals surface area contributed by atoms with Crippen LogP contribution in [0.5, 0.6) is 0 Å². The number of para-hydroxylation sites is 2. The lowest BCUT2D eigenvalue weighted by atomic mass is 10.1. The van der Waals surface area contributed by atoms with Crippen LogP contribution in [0.4, 0.5) is 0 Å². The Balaban J connectivity index is 1.62. The fourth-order valence-electron chi connectivity index (χ4n) is 3.08. The van der Waals surface area contributed by atoms with E-state index in [1.807, 2.05) is 24.3 Å². The molecule has 1 aromatic carbocycles. The molecule has 2 aromatic rings. The quantitative estimate of drug-likeness (QED) is 0.768. The Hall–Kier alpha value is -1.53. The zero-order valence-corrected chi connectivity index (χ0v) is 14.9. The maximum atomic E-state index is 12.3. The smallest absolute Gasteiger partial charge is 0.220 e. The van der Waals surface area contributed by atoms with Gasteiger partial charge in [-0.05, 0) is 49.8 Å². The topological polar surface area (TPSA) is 67.0 Å². The maximum Gasteiger partial charge on any atom is 0.220 e. The van der Waals surface area contributed by atoms with Crippen molar-refractivity contribution in [3.05, 3.63) is 30.1 Å². The molecule has 1 saturated heterocycles. The molecule has 0 saturated carbocycles. The lowest BCUT2D eigenvalue weighted by Crippen LogP contribution is -2.30. The molecular weight excluding hydrogens is 322 g/mol. The van der Waals surface area contributed by atoms with Gasteiger partial charge in [-0.3, -0.25) is 4.79 Å². The van der Waals surface area contributed by atoms with Gasteiger partial charge in [0.1, 0.15) is 5.82 Å². The Morgan fingerprint density at radius 2 is 2.38 bits per heavy atom. The Labute approximate surface area is 146 Å². The van der Waals surface area contributed by atoms with Gasteiger partial charge in [-0.2, -0.15) is 11.8 Å². The maximum absolute atomic E-state index is 12.3. The molecule has 1 fully saturated rings. The molecule has 0 bridgehead atoms. The Morgan fingerprint density at radius 3 is 3.12 bits per heavy atom. The first-order chi connectivity index (χ1) is 11.8. The molecule has 2 atom stereocenters. The number of ether oxygens (including phenoxy) is 1. The summed E-state index contributed by atoms with van der Waals surface area (Å²) in [5.74, 6) is 1.90. The van der Waals surface area contributed by atoms with Crippen molar-refractivity contribution in [2.24, 2.45) is 0 Å². The number of amides is 1. The highest BCUT2D eigenvalue weighted by Gasteiger charge is 2.20. The zero-order chi connectivity index (χ0) is 16.8. The van der Waals surface area contributed by atoms with E-state index in [4.69, 9.17) is 4.74 Å². The fraction of sp³-hybridized carbons (Fsp3) is 0.556. The van der Waals surface area contributed by atoms with E-state index in [9.17, 15) is 4.79 Å². The number of rotatable bonds is 8. The number of nitrogens with one attached hydrogen (secondary N) is 2. The minimum atomic E-state index is -0.0677. The van der Waals surface area contributed by atoms with Gasteiger partial charge in [0.2, 0.25) is 5.91 Å². The summed E-state index contributed by atoms with van der Waals surface area (Å²) < 4.78 is 5.60. The standard InChI is InChI=1S/C18H25N3O2S/c1-24-12-10-16(18-20-14-6-2-3-7-15(14)21-18)19-17(22)9-8-13-5-4-11-23-13/h2-3,6-7,13,16H,4-5,8-12H2,1H3,(H,19,22)(H,20,21)/t13?,16-/m1/s1. The summed E-state index contributed by atoms with van der Waals surface area (Å²) in [7, 11) is 0. The van der Waals surface area contributed by atoms with Gasteiger partial charge in [0, 0.05) is 13.0 Å². The highest BCUT2D eigenvalue weighted by molar-refractivity contribution is 7.98. The first-order valence-electron chi connectivity index (χ1n) is 8.61. The largest absolute Gasteiger partial charge is 0.378 e. The molecule has 130 valence electrons. The van der Waals surface area contributed by atoms with Crippen molar-refractivity contribution in [2.45, 2.75) is 44.2 Å². The van der Waals surface area contributed by atoms with E-state index in [-0.39, 0.29) is 18.1 Å². The molecule has 5 nitrogen and oxygen atoms in total. The molecule has 1 aliphatic heterocycles. The number of benzene rings is 1. The van der Waals surface area contributed by atoms with Gasteiger partial charge < -0.3 is 15.0 Å². The fourth-order valence-corrected chi connectivity index (χ4v) is 3.55. The van der Waals surface area contributed by atoms with Crippen molar-refractivity contribution in [3.63, 3.8) is 0 Å². The van der Waals surface area contributed by atoms with Crippen molar-refractivity contribution in [3.8, 4) is 0 Å². The molecule has 2 heterocycles. The number of thioether (sulfide) groups is 1. The minimum Gasteiger partial charge on any atom is -0.378 e. The summed E-state index contributed by atoms with van der Waals surface area (Å²) in [5.41, 5.74) is 1.95. The van der Waals surface area contributed by atoms with Gasteiger partial charge >= 0.3 is 0 Å². The number of nitrogens with zero attached hydrogens (tertiary/aromatic N) is 1. The molecule has 3 rings (SSSR count). The van der Waals surface area contributed by atoms with E-state index >= 15 is 0 Å². The van der Waals surface area contributed by atoms with E-state index < -0.39 is 0 Å². The summed E-state index contributed by atoms with van der Waals surface area (Å²) in [6, 6.07) is 7.89. The van der Waals surface area contributed by atoms with Crippen LogP contribution in [0.3, 0.4) is 0 Å². The van der Waals surface area contributed by atoms with Gasteiger partial charge in [-0.25, -0.2) is 4.98 Å². The Kier molecular flexibility index (Phi) is 6.15. The zero-order valence-electron chi connectivity index (χ0n) is 14.1. The second-order valence-electron chi connectivity index (χ2n) is 6.21. The lowest BCUT2D eigenvalue weighted by Gasteiger charge is -2.17. The van der Waals surface area contributed by atoms with Gasteiger partial charge in [0.05, 0.1) is 23.2 Å². The van der Waals surface area contributed by atoms with Crippen LogP contribution in [0.15, 0.2) is 24.3 Å². The molecule has 0 radical (unpaired) electrons. The van der Waals surface area contributed by atoms with Gasteiger partial charge in [0.25, 0.3) is 0 Å². The number of hydrogen-bond donors (Lipinski definition) is 2. The van der Waals surface area contributed by atoms with Crippen LogP contribution in [0.2, 0.25) is 0 Å². The van der Waals surface area contributed by atoms with Crippen molar-refractivity contribution in [1.82, 2.24) is 15.3 Å². The lowest BCUT2D eigenvalue weighted by molar-refractivity contribution is -0.122. The molecule has 6 heteroatoms. The van der Waals surface area contributed by atoms with E-state index in [1.54, 1.807) is 11.8 Å². The average molecular weight is 347 g/mol. The van der Waals surface area contributed by atoms with Gasteiger partial charge in [-0.15, -0.1) is 0 Å². The highest BCUT2D eigenvalue weighted by Crippen LogP contribution is 2.21. The van der Waals surface area contributed by atoms with Crippen LogP contribution in [-0.4, -0.2) is 40.6 Å². The van der Waals surface area contributed by atoms with Crippen LogP contribution in [0, 0.1) is 0 Å². The number of H-pyrrole nitrogens is 1. The van der Waals surface area contributed by atoms with Crippen molar-refractivity contribution >= 4 is 28.7 Å². The summed E-state index contributed by atoms with van der Waals surface area (Å²) in [6.07, 6.45) is 6.71. The molecule has 2 N–H and O–H groups in total. The van der Waals surface area contributed by atoms with Crippen LogP contribution in [-0.2, 0) is 9.53 Å². The van der Waals surface area contributed by atoms with Crippen LogP contribution in [0.1, 0.15) is 44.0 Å². The second kappa shape index (κ2) is 8.53. The average Bonchev–Trinajstić information content (AvgIpc) is 3.25. The molecule has 0 aliphatic carbocycles. The highest BCUT2D eigenvalue weighted by atomic mass is 32.2. The van der Waals surface area contributed by atoms with E-state index in [1.165, 1.54) is 0 Å². The molecular formula is C18H25N3O2S. The number of fused-ring (bicyclic) bond motifs is 1. The van der Waals surface area contributed by atoms with E-state index in [0.29, 0.717) is 6.42 Å². The second-order valence-corrected chi connectivity index (χ2v) is 7.20. The van der Waals surface area contributed by atoms with Crippen LogP contribution in [0.25, 0.3) is 11.0 Å². The van der Waals surface area contributed by atoms with Crippen molar-refractivity contribution in [2.75, 3.05) is 18.6 Å². The molecule has 1 aromatic heterocycles. The van der Waals surface area contributed by atoms with Crippen molar-refractivity contribution in [1.29, 1.82) is 0 Å². The predicted molar refractivity (Wildman–Crippen MR) is 98.2 cm³/mol. The van der Waals surface area contributed by atoms with Crippen molar-refractivity contribution < 1.29 is 9.53 Å². The normalized spacial score (nSPS) is 18.8. The first kappa shape index (κ1) is 17.3. The summed E-state index contributed by atoms with van der Waals surface area (Å²) in [5, 5.41) is 3.15. The third kappa shape index (κ3) is 4.51. The number of imidazole rings is 1. The number of aromatic amines is 1. The molecule has 1 amide bonds. The SMILES string of the molecule is CSCC[C@@H](NC(=O)CCC1CCCO1)c1nc2ccccc2[nH]1. The first-order valence-corrected chi connectivity index (χ1v) is 10.00. The summed E-state index contributed by atoms with van der Waals surface area (Å²) in [6.45, 7) is 0.835. The molecule has 1 aliphatic rings. The molecule has 24 heavy (non-hydrogen) atoms. The third-order valence-corrected chi connectivity index (χ3v) is 5.04. The third-order valence-electron chi connectivity index (χ3n) is 4.40. The Bertz CT molecular complexity index is 634. The minimum absolute atomic E-state index is 0.0677. The summed E-state index contributed by atoms with van der Waals surface area (Å²) in [4.78, 5) is 20.3.